The number of hydrogen-bond donors (Lipinski definition) is 0. The molecule has 1 aliphatic heterocycles. The lowest BCUT2D eigenvalue weighted by Crippen LogP contribution is -2.58. The Hall–Kier alpha value is -0.463. The molecule has 1 heterocycles. The fourth-order valence-electron chi connectivity index (χ4n) is 8.68. The molecule has 1 saturated heterocycles. The first-order valence-electron chi connectivity index (χ1n) is 14.5. The van der Waals surface area contributed by atoms with Gasteiger partial charge in [-0.3, -0.25) is 0 Å². The fourth-order valence-corrected chi connectivity index (χ4v) is 11.1. The first kappa shape index (κ1) is 27.1. The van der Waals surface area contributed by atoms with E-state index in [9.17, 15) is 4.79 Å². The first-order chi connectivity index (χ1) is 16.6. The van der Waals surface area contributed by atoms with Crippen molar-refractivity contribution in [3.8, 4) is 0 Å². The predicted molar refractivity (Wildman–Crippen MR) is 153 cm³/mol. The molecule has 8 atom stereocenters. The molecule has 0 aromatic heterocycles. The summed E-state index contributed by atoms with van der Waals surface area (Å²) in [6.45, 7) is 17.0. The number of nitrogens with zero attached hydrogens (tertiary/aromatic N) is 1. The summed E-state index contributed by atoms with van der Waals surface area (Å²) in [5, 5.41) is 0.750. The monoisotopic (exact) mass is 533 g/mol. The van der Waals surface area contributed by atoms with Gasteiger partial charge in [0.25, 0.3) is 0 Å². The summed E-state index contributed by atoms with van der Waals surface area (Å²) in [5.41, 5.74) is 1.83. The van der Waals surface area contributed by atoms with Crippen LogP contribution in [-0.4, -0.2) is 56.1 Å². The van der Waals surface area contributed by atoms with Crippen LogP contribution in [0.5, 0.6) is 0 Å². The number of thioether (sulfide) groups is 1. The van der Waals surface area contributed by atoms with E-state index in [1.165, 1.54) is 38.5 Å². The lowest BCUT2D eigenvalue weighted by atomic mass is 9.47. The zero-order valence-corrected chi connectivity index (χ0v) is 26.2. The van der Waals surface area contributed by atoms with Gasteiger partial charge in [0.1, 0.15) is 5.60 Å². The average Bonchev–Trinajstić information content (AvgIpc) is 3.58. The van der Waals surface area contributed by atoms with Crippen LogP contribution >= 0.6 is 11.8 Å². The topological polar surface area (TPSA) is 38.8 Å². The van der Waals surface area contributed by atoms with Crippen LogP contribution in [0.2, 0.25) is 18.1 Å². The van der Waals surface area contributed by atoms with Crippen molar-refractivity contribution in [3.05, 3.63) is 11.6 Å². The quantitative estimate of drug-likeness (QED) is 0.209. The summed E-state index contributed by atoms with van der Waals surface area (Å²) in [4.78, 5) is 14.5. The van der Waals surface area contributed by atoms with E-state index in [-0.39, 0.29) is 22.1 Å². The van der Waals surface area contributed by atoms with Gasteiger partial charge in [-0.15, -0.1) is 0 Å². The Morgan fingerprint density at radius 2 is 1.75 bits per heavy atom. The van der Waals surface area contributed by atoms with Gasteiger partial charge in [0.15, 0.2) is 8.32 Å². The minimum atomic E-state index is -1.75. The van der Waals surface area contributed by atoms with E-state index in [4.69, 9.17) is 9.16 Å². The molecule has 4 fully saturated rings. The van der Waals surface area contributed by atoms with Crippen molar-refractivity contribution in [3.63, 3.8) is 0 Å². The molecule has 0 radical (unpaired) electrons. The molecular formula is C30H51NO3SSi. The van der Waals surface area contributed by atoms with Crippen LogP contribution in [0.15, 0.2) is 11.6 Å². The zero-order chi connectivity index (χ0) is 26.3. The van der Waals surface area contributed by atoms with Gasteiger partial charge in [-0.2, -0.15) is 11.8 Å². The maximum atomic E-state index is 12.8. The van der Waals surface area contributed by atoms with Gasteiger partial charge in [0, 0.05) is 31.4 Å². The zero-order valence-electron chi connectivity index (χ0n) is 24.4. The molecule has 1 amide bonds. The molecule has 3 saturated carbocycles. The molecule has 0 aromatic carbocycles. The van der Waals surface area contributed by atoms with E-state index in [1.807, 2.05) is 25.9 Å². The summed E-state index contributed by atoms with van der Waals surface area (Å²) in [6, 6.07) is 0. The minimum Gasteiger partial charge on any atom is -0.441 e. The second kappa shape index (κ2) is 8.77. The number of amides is 1. The number of fused-ring (bicyclic) bond motifs is 5. The Kier molecular flexibility index (Phi) is 6.61. The number of rotatable bonds is 4. The van der Waals surface area contributed by atoms with Gasteiger partial charge in [-0.05, 0) is 92.7 Å². The highest BCUT2D eigenvalue weighted by Gasteiger charge is 2.70. The number of hydrogen-bond acceptors (Lipinski definition) is 4. The van der Waals surface area contributed by atoms with E-state index in [0.29, 0.717) is 22.7 Å². The highest BCUT2D eigenvalue weighted by Crippen LogP contribution is 2.71. The molecule has 0 bridgehead atoms. The van der Waals surface area contributed by atoms with Crippen molar-refractivity contribution in [2.45, 2.75) is 121 Å². The van der Waals surface area contributed by atoms with Gasteiger partial charge >= 0.3 is 6.09 Å². The highest BCUT2D eigenvalue weighted by molar-refractivity contribution is 8.07. The second-order valence-corrected chi connectivity index (χ2v) is 21.0. The second-order valence-electron chi connectivity index (χ2n) is 15.0. The summed E-state index contributed by atoms with van der Waals surface area (Å²) in [5.74, 6) is 3.29. The summed E-state index contributed by atoms with van der Waals surface area (Å²) in [7, 11) is 1.89. The minimum absolute atomic E-state index is 0.0956. The molecule has 0 N–H and O–H groups in total. The lowest BCUT2D eigenvalue weighted by Gasteiger charge is -2.59. The molecule has 4 nitrogen and oxygen atoms in total. The van der Waals surface area contributed by atoms with Gasteiger partial charge in [-0.1, -0.05) is 46.3 Å². The number of carbonyl (C=O) groups excluding carboxylic acids is 1. The first-order valence-corrected chi connectivity index (χ1v) is 18.5. The third kappa shape index (κ3) is 4.06. The van der Waals surface area contributed by atoms with Crippen LogP contribution in [0.4, 0.5) is 4.79 Å². The van der Waals surface area contributed by atoms with Crippen molar-refractivity contribution in [2.75, 3.05) is 19.8 Å². The molecule has 4 aliphatic carbocycles. The third-order valence-corrected chi connectivity index (χ3v) is 17.6. The predicted octanol–water partition coefficient (Wildman–Crippen LogP) is 7.89. The number of carbonyl (C=O) groups is 1. The van der Waals surface area contributed by atoms with E-state index >= 15 is 0 Å². The molecule has 36 heavy (non-hydrogen) atoms. The van der Waals surface area contributed by atoms with E-state index in [2.05, 4.69) is 53.8 Å². The van der Waals surface area contributed by atoms with Crippen molar-refractivity contribution >= 4 is 26.2 Å². The molecule has 0 spiro atoms. The normalized spacial score (nSPS) is 44.1. The van der Waals surface area contributed by atoms with Crippen LogP contribution in [0.1, 0.15) is 86.0 Å². The molecule has 5 rings (SSSR count). The standard InChI is InChI=1S/C30H51NO3SSi/c1-27(2,3)36(8,9)34-21-12-15-28(4)20(18-21)10-11-22-23(28)13-16-29(5)24(22)14-17-30(29,25-19-35-25)33-26(32)31(6)7/h10,21-25H,11-19H2,1-9H3/t21-,22+,23-,24-,25+,28-,29-,30+/m0/s1. The Labute approximate surface area is 225 Å². The Balaban J connectivity index is 1.37. The largest absolute Gasteiger partial charge is 0.441 e. The molecule has 204 valence electrons. The SMILES string of the molecule is CN(C)C(=O)O[C@@]1([C@H]2CS2)CC[C@H]2[C@@H]3CC=C4C[C@@H](O[Si](C)(C)C(C)(C)C)CC[C@]4(C)[C@H]3CC[C@@]21C. The summed E-state index contributed by atoms with van der Waals surface area (Å²) >= 11 is 2.01. The van der Waals surface area contributed by atoms with E-state index in [1.54, 1.807) is 10.5 Å². The average molecular weight is 534 g/mol. The maximum absolute atomic E-state index is 12.8. The third-order valence-electron chi connectivity index (χ3n) is 12.0. The summed E-state index contributed by atoms with van der Waals surface area (Å²) in [6.07, 6.45) is 12.4. The van der Waals surface area contributed by atoms with Gasteiger partial charge in [-0.25, -0.2) is 4.79 Å². The molecule has 5 aliphatic rings. The molecule has 0 aromatic rings. The van der Waals surface area contributed by atoms with Crippen molar-refractivity contribution in [2.24, 2.45) is 28.6 Å². The van der Waals surface area contributed by atoms with Crippen LogP contribution in [0.3, 0.4) is 0 Å². The molecule has 0 unspecified atom stereocenters. The van der Waals surface area contributed by atoms with Crippen molar-refractivity contribution < 1.29 is 14.0 Å². The lowest BCUT2D eigenvalue weighted by molar-refractivity contribution is -0.126. The summed E-state index contributed by atoms with van der Waals surface area (Å²) < 4.78 is 13.4. The van der Waals surface area contributed by atoms with E-state index < -0.39 is 8.32 Å². The highest BCUT2D eigenvalue weighted by atomic mass is 32.2. The van der Waals surface area contributed by atoms with Crippen molar-refractivity contribution in [1.29, 1.82) is 0 Å². The van der Waals surface area contributed by atoms with Gasteiger partial charge in [0.2, 0.25) is 0 Å². The molecule has 6 heteroatoms. The number of ether oxygens (including phenoxy) is 1. The Bertz CT molecular complexity index is 924. The van der Waals surface area contributed by atoms with Gasteiger partial charge < -0.3 is 14.1 Å². The fraction of sp³-hybridized carbons (Fsp3) is 0.900. The Morgan fingerprint density at radius 3 is 2.36 bits per heavy atom. The smallest absolute Gasteiger partial charge is 0.409 e. The van der Waals surface area contributed by atoms with E-state index in [0.717, 1.165) is 30.4 Å². The van der Waals surface area contributed by atoms with Crippen LogP contribution in [0.25, 0.3) is 0 Å². The maximum Gasteiger partial charge on any atom is 0.409 e. The van der Waals surface area contributed by atoms with Gasteiger partial charge in [0.05, 0.1) is 5.25 Å². The Morgan fingerprint density at radius 1 is 1.08 bits per heavy atom. The van der Waals surface area contributed by atoms with Crippen LogP contribution in [0, 0.1) is 28.6 Å². The number of allylic oxidation sites excluding steroid dienone is 1. The van der Waals surface area contributed by atoms with Crippen LogP contribution in [-0.2, 0) is 9.16 Å². The molecular weight excluding hydrogens is 482 g/mol. The van der Waals surface area contributed by atoms with Crippen molar-refractivity contribution in [1.82, 2.24) is 4.90 Å². The van der Waals surface area contributed by atoms with Crippen LogP contribution < -0.4 is 0 Å².